The topological polar surface area (TPSA) is 68.0 Å². The molecule has 1 aromatic heterocycles. The molecule has 0 fully saturated rings. The lowest BCUT2D eigenvalue weighted by Crippen LogP contribution is -2.18. The molecule has 1 atom stereocenters. The number of carbonyl (C=O) groups is 1. The quantitative estimate of drug-likeness (QED) is 0.839. The highest BCUT2D eigenvalue weighted by Gasteiger charge is 2.18. The van der Waals surface area contributed by atoms with Crippen LogP contribution in [0.15, 0.2) is 6.20 Å². The van der Waals surface area contributed by atoms with Gasteiger partial charge in [-0.25, -0.2) is 4.98 Å². The maximum absolute atomic E-state index is 11.9. The molecular weight excluding hydrogens is 270 g/mol. The van der Waals surface area contributed by atoms with Crippen LogP contribution >= 0.6 is 11.3 Å². The van der Waals surface area contributed by atoms with Gasteiger partial charge in [0, 0.05) is 6.42 Å². The predicted octanol–water partition coefficient (Wildman–Crippen LogP) is 2.85. The number of carbonyl (C=O) groups excluding carboxylic acids is 1. The van der Waals surface area contributed by atoms with Gasteiger partial charge >= 0.3 is 0 Å². The van der Waals surface area contributed by atoms with E-state index in [2.05, 4.69) is 49.8 Å². The maximum Gasteiger partial charge on any atom is 0.226 e. The van der Waals surface area contributed by atoms with Gasteiger partial charge in [0.15, 0.2) is 5.13 Å². The third-order valence-corrected chi connectivity index (χ3v) is 3.39. The molecule has 1 aromatic rings. The summed E-state index contributed by atoms with van der Waals surface area (Å²) in [5.74, 6) is 6.03. The van der Waals surface area contributed by atoms with Crippen molar-refractivity contribution < 1.29 is 4.79 Å². The van der Waals surface area contributed by atoms with Gasteiger partial charge in [-0.05, 0) is 17.8 Å². The minimum absolute atomic E-state index is 0.00874. The van der Waals surface area contributed by atoms with Crippen LogP contribution in [0.4, 0.5) is 5.13 Å². The van der Waals surface area contributed by atoms with E-state index in [1.165, 1.54) is 11.3 Å². The van der Waals surface area contributed by atoms with Crippen molar-refractivity contribution in [2.24, 2.45) is 17.1 Å². The largest absolute Gasteiger partial charge is 0.320 e. The number of nitrogens with zero attached hydrogens (tertiary/aromatic N) is 1. The van der Waals surface area contributed by atoms with Crippen molar-refractivity contribution in [3.05, 3.63) is 11.1 Å². The van der Waals surface area contributed by atoms with Crippen LogP contribution in [-0.2, 0) is 4.79 Å². The van der Waals surface area contributed by atoms with Crippen molar-refractivity contribution in [2.75, 3.05) is 11.9 Å². The van der Waals surface area contributed by atoms with Gasteiger partial charge in [0.05, 0.1) is 17.6 Å². The van der Waals surface area contributed by atoms with E-state index in [0.717, 1.165) is 11.3 Å². The van der Waals surface area contributed by atoms with E-state index in [-0.39, 0.29) is 11.3 Å². The van der Waals surface area contributed by atoms with Crippen LogP contribution in [0.5, 0.6) is 0 Å². The van der Waals surface area contributed by atoms with Crippen molar-refractivity contribution in [2.45, 2.75) is 40.5 Å². The fourth-order valence-corrected chi connectivity index (χ4v) is 2.84. The highest BCUT2D eigenvalue weighted by molar-refractivity contribution is 7.16. The Hall–Kier alpha value is -1.38. The first-order valence-electron chi connectivity index (χ1n) is 6.75. The first-order chi connectivity index (χ1) is 9.30. The number of amides is 1. The van der Waals surface area contributed by atoms with Crippen molar-refractivity contribution in [1.82, 2.24) is 4.98 Å². The Kier molecular flexibility index (Phi) is 6.18. The molecule has 0 spiro atoms. The second kappa shape index (κ2) is 7.41. The van der Waals surface area contributed by atoms with Crippen LogP contribution in [0.1, 0.15) is 45.4 Å². The number of hydrogen-bond donors (Lipinski definition) is 2. The van der Waals surface area contributed by atoms with E-state index >= 15 is 0 Å². The van der Waals surface area contributed by atoms with Gasteiger partial charge in [-0.1, -0.05) is 50.9 Å². The SMILES string of the molecule is CC(CC(=O)Nc1ncc(C#CCN)s1)CC(C)(C)C. The zero-order chi connectivity index (χ0) is 15.2. The van der Waals surface area contributed by atoms with Gasteiger partial charge in [-0.3, -0.25) is 4.79 Å². The molecule has 1 unspecified atom stereocenters. The molecule has 0 aliphatic heterocycles. The van der Waals surface area contributed by atoms with Gasteiger partial charge < -0.3 is 11.1 Å². The van der Waals surface area contributed by atoms with Gasteiger partial charge in [0.25, 0.3) is 0 Å². The molecule has 0 aromatic carbocycles. The summed E-state index contributed by atoms with van der Waals surface area (Å²) in [7, 11) is 0. The molecule has 0 saturated carbocycles. The monoisotopic (exact) mass is 293 g/mol. The Balaban J connectivity index is 2.48. The summed E-state index contributed by atoms with van der Waals surface area (Å²) >= 11 is 1.37. The van der Waals surface area contributed by atoms with Crippen molar-refractivity contribution in [1.29, 1.82) is 0 Å². The second-order valence-electron chi connectivity index (χ2n) is 6.16. The highest BCUT2D eigenvalue weighted by Crippen LogP contribution is 2.26. The van der Waals surface area contributed by atoms with E-state index in [0.29, 0.717) is 24.0 Å². The average molecular weight is 293 g/mol. The number of thiazole rings is 1. The third kappa shape index (κ3) is 6.69. The van der Waals surface area contributed by atoms with Crippen LogP contribution < -0.4 is 11.1 Å². The van der Waals surface area contributed by atoms with Gasteiger partial charge in [0.1, 0.15) is 0 Å². The summed E-state index contributed by atoms with van der Waals surface area (Å²) in [5, 5.41) is 3.42. The minimum atomic E-state index is 0.00874. The van der Waals surface area contributed by atoms with E-state index in [1.807, 2.05) is 0 Å². The molecule has 5 heteroatoms. The molecule has 20 heavy (non-hydrogen) atoms. The van der Waals surface area contributed by atoms with Crippen molar-refractivity contribution >= 4 is 22.4 Å². The molecule has 1 amide bonds. The van der Waals surface area contributed by atoms with Crippen LogP contribution in [0.3, 0.4) is 0 Å². The number of rotatable bonds is 4. The molecule has 0 saturated heterocycles. The maximum atomic E-state index is 11.9. The highest BCUT2D eigenvalue weighted by atomic mass is 32.1. The summed E-state index contributed by atoms with van der Waals surface area (Å²) in [6, 6.07) is 0. The Labute approximate surface area is 125 Å². The molecule has 110 valence electrons. The molecule has 3 N–H and O–H groups in total. The lowest BCUT2D eigenvalue weighted by atomic mass is 9.84. The summed E-state index contributed by atoms with van der Waals surface area (Å²) in [4.78, 5) is 16.9. The Bertz CT molecular complexity index is 505. The normalized spacial score (nSPS) is 12.4. The van der Waals surface area contributed by atoms with E-state index < -0.39 is 0 Å². The second-order valence-corrected chi connectivity index (χ2v) is 7.19. The van der Waals surface area contributed by atoms with Crippen molar-refractivity contribution in [3.63, 3.8) is 0 Å². The molecule has 0 radical (unpaired) electrons. The molecule has 1 heterocycles. The zero-order valence-corrected chi connectivity index (χ0v) is 13.4. The molecule has 0 aliphatic rings. The van der Waals surface area contributed by atoms with E-state index in [4.69, 9.17) is 5.73 Å². The summed E-state index contributed by atoms with van der Waals surface area (Å²) in [5.41, 5.74) is 5.55. The molecule has 1 rings (SSSR count). The number of anilines is 1. The Morgan fingerprint density at radius 3 is 2.85 bits per heavy atom. The molecule has 4 nitrogen and oxygen atoms in total. The van der Waals surface area contributed by atoms with E-state index in [9.17, 15) is 4.79 Å². The lowest BCUT2D eigenvalue weighted by Gasteiger charge is -2.22. The van der Waals surface area contributed by atoms with Gasteiger partial charge in [-0.2, -0.15) is 0 Å². The Morgan fingerprint density at radius 1 is 1.55 bits per heavy atom. The first-order valence-corrected chi connectivity index (χ1v) is 7.56. The summed E-state index contributed by atoms with van der Waals surface area (Å²) < 4.78 is 0. The first kappa shape index (κ1) is 16.7. The lowest BCUT2D eigenvalue weighted by molar-refractivity contribution is -0.117. The zero-order valence-electron chi connectivity index (χ0n) is 12.6. The smallest absolute Gasteiger partial charge is 0.226 e. The Morgan fingerprint density at radius 2 is 2.25 bits per heavy atom. The third-order valence-electron chi connectivity index (χ3n) is 2.56. The minimum Gasteiger partial charge on any atom is -0.320 e. The molecular formula is C15H23N3OS. The predicted molar refractivity (Wildman–Crippen MR) is 84.5 cm³/mol. The van der Waals surface area contributed by atoms with Gasteiger partial charge in [-0.15, -0.1) is 0 Å². The number of hydrogen-bond acceptors (Lipinski definition) is 4. The summed E-state index contributed by atoms with van der Waals surface area (Å²) in [6.45, 7) is 8.98. The van der Waals surface area contributed by atoms with Crippen LogP contribution in [0, 0.1) is 23.2 Å². The summed E-state index contributed by atoms with van der Waals surface area (Å²) in [6.07, 6.45) is 3.19. The number of aromatic nitrogens is 1. The van der Waals surface area contributed by atoms with Crippen molar-refractivity contribution in [3.8, 4) is 11.8 Å². The molecule has 0 aliphatic carbocycles. The van der Waals surface area contributed by atoms with Crippen LogP contribution in [-0.4, -0.2) is 17.4 Å². The van der Waals surface area contributed by atoms with Gasteiger partial charge in [0.2, 0.25) is 5.91 Å². The average Bonchev–Trinajstić information content (AvgIpc) is 2.70. The van der Waals surface area contributed by atoms with Crippen LogP contribution in [0.2, 0.25) is 0 Å². The molecule has 0 bridgehead atoms. The fraction of sp³-hybridized carbons (Fsp3) is 0.600. The number of nitrogens with one attached hydrogen (secondary N) is 1. The van der Waals surface area contributed by atoms with Crippen LogP contribution in [0.25, 0.3) is 0 Å². The standard InChI is InChI=1S/C15H23N3OS/c1-11(9-15(2,3)4)8-13(19)18-14-17-10-12(20-14)6-5-7-16/h10-11H,7-9,16H2,1-4H3,(H,17,18,19). The van der Waals surface area contributed by atoms with E-state index in [1.54, 1.807) is 6.20 Å². The number of nitrogens with two attached hydrogens (primary N) is 1. The fourth-order valence-electron chi connectivity index (χ4n) is 2.13.